The predicted molar refractivity (Wildman–Crippen MR) is 412 cm³/mol. The number of hydrogen-bond acceptors (Lipinski definition) is 19. The largest absolute Gasteiger partial charge is 0.490 e. The van der Waals surface area contributed by atoms with Crippen LogP contribution < -0.4 is 39.8 Å². The summed E-state index contributed by atoms with van der Waals surface area (Å²) >= 11 is 12.9. The number of allylic oxidation sites excluding steroid dienone is 2. The first kappa shape index (κ1) is 78.9. The molecule has 12 atom stereocenters. The highest BCUT2D eigenvalue weighted by molar-refractivity contribution is 7.91. The monoisotopic (exact) mass is 1520 g/mol. The number of nitrogens with one attached hydrogen (secondary N) is 3. The van der Waals surface area contributed by atoms with E-state index in [4.69, 9.17) is 57.4 Å². The van der Waals surface area contributed by atoms with Gasteiger partial charge in [0.2, 0.25) is 20.0 Å². The van der Waals surface area contributed by atoms with Crippen LogP contribution in [-0.2, 0) is 67.5 Å². The molecule has 10 aliphatic rings. The van der Waals surface area contributed by atoms with Crippen LogP contribution in [0.3, 0.4) is 0 Å². The van der Waals surface area contributed by atoms with Crippen molar-refractivity contribution in [3.8, 4) is 11.5 Å². The third kappa shape index (κ3) is 17.5. The van der Waals surface area contributed by atoms with Crippen LogP contribution in [0.15, 0.2) is 97.1 Å². The summed E-state index contributed by atoms with van der Waals surface area (Å²) < 4.78 is 94.8. The van der Waals surface area contributed by atoms with E-state index in [9.17, 15) is 31.2 Å². The first-order chi connectivity index (χ1) is 50.5. The number of morpholine rings is 2. The Morgan fingerprint density at radius 2 is 1.10 bits per heavy atom. The highest BCUT2D eigenvalue weighted by Crippen LogP contribution is 2.52. The Morgan fingerprint density at radius 3 is 1.54 bits per heavy atom. The van der Waals surface area contributed by atoms with Crippen LogP contribution >= 0.6 is 23.2 Å². The molecule has 2 amide bonds. The number of carbonyl (C=O) groups is 3. The number of halogens is 2. The molecule has 4 aromatic rings. The molecule has 105 heavy (non-hydrogen) atoms. The first-order valence-corrected chi connectivity index (χ1v) is 42.0. The predicted octanol–water partition coefficient (Wildman–Crippen LogP) is 9.94. The van der Waals surface area contributed by atoms with Gasteiger partial charge in [-0.25, -0.2) is 26.3 Å². The number of methoxy groups -OCH3 is 2. The molecule has 5 N–H and O–H groups in total. The van der Waals surface area contributed by atoms with E-state index in [-0.39, 0.29) is 46.0 Å². The van der Waals surface area contributed by atoms with E-state index < -0.39 is 53.6 Å². The van der Waals surface area contributed by atoms with E-state index in [0.29, 0.717) is 80.2 Å². The molecular formula is C80H110Cl2N8O13S2. The Morgan fingerprint density at radius 1 is 0.619 bits per heavy atom. The number of aldehydes is 1. The normalized spacial score (nSPS) is 32.4. The number of nitrogens with zero attached hydrogens (tertiary/aromatic N) is 4. The average molecular weight is 1530 g/mol. The lowest BCUT2D eigenvalue weighted by Crippen LogP contribution is -2.57. The summed E-state index contributed by atoms with van der Waals surface area (Å²) in [6, 6.07) is 22.9. The van der Waals surface area contributed by atoms with Gasteiger partial charge in [0, 0.05) is 137 Å². The van der Waals surface area contributed by atoms with Crippen LogP contribution in [-0.4, -0.2) is 205 Å². The van der Waals surface area contributed by atoms with Crippen molar-refractivity contribution >= 4 is 72.7 Å². The summed E-state index contributed by atoms with van der Waals surface area (Å²) in [4.78, 5) is 49.2. The van der Waals surface area contributed by atoms with Gasteiger partial charge in [-0.1, -0.05) is 67.4 Å². The fourth-order valence-electron chi connectivity index (χ4n) is 17.9. The second kappa shape index (κ2) is 34.1. The lowest BCUT2D eigenvalue weighted by atomic mass is 9.63. The van der Waals surface area contributed by atoms with Gasteiger partial charge in [0.15, 0.2) is 6.29 Å². The summed E-state index contributed by atoms with van der Waals surface area (Å²) in [5.74, 6) is 0.218. The lowest BCUT2D eigenvalue weighted by molar-refractivity contribution is -0.136. The van der Waals surface area contributed by atoms with Crippen molar-refractivity contribution in [1.29, 1.82) is 0 Å². The summed E-state index contributed by atoms with van der Waals surface area (Å²) in [5, 5.41) is 3.58. The minimum absolute atomic E-state index is 0.0434. The van der Waals surface area contributed by atoms with Gasteiger partial charge >= 0.3 is 0 Å². The van der Waals surface area contributed by atoms with Crippen LogP contribution in [0.4, 0.5) is 11.4 Å². The van der Waals surface area contributed by atoms with Gasteiger partial charge in [0.25, 0.3) is 11.8 Å². The van der Waals surface area contributed by atoms with Crippen molar-refractivity contribution in [2.24, 2.45) is 41.2 Å². The van der Waals surface area contributed by atoms with Gasteiger partial charge < -0.3 is 49.3 Å². The molecule has 6 aliphatic heterocycles. The van der Waals surface area contributed by atoms with Gasteiger partial charge in [0.05, 0.1) is 61.5 Å². The third-order valence-corrected chi connectivity index (χ3v) is 29.3. The van der Waals surface area contributed by atoms with E-state index in [0.717, 1.165) is 172 Å². The van der Waals surface area contributed by atoms with Gasteiger partial charge in [-0.15, -0.1) is 0 Å². The number of ether oxygens (including phenoxy) is 6. The molecule has 0 radical (unpaired) electrons. The van der Waals surface area contributed by atoms with E-state index >= 15 is 0 Å². The number of aryl methyl sites for hydroxylation is 2. The Labute approximate surface area is 632 Å². The van der Waals surface area contributed by atoms with E-state index in [1.54, 1.807) is 45.2 Å². The molecule has 574 valence electrons. The first-order valence-electron chi connectivity index (χ1n) is 38.1. The zero-order valence-corrected chi connectivity index (χ0v) is 65.2. The molecule has 25 heteroatoms. The van der Waals surface area contributed by atoms with E-state index in [1.807, 2.05) is 57.4 Å². The summed E-state index contributed by atoms with van der Waals surface area (Å²) in [7, 11) is -4.55. The standard InChI is InChI=1S/C40H55ClN4O6S.C34H41ClN2O6S.C6H14N2O/c1-28-6-4-15-40(49-3,25-42-16-17-44-18-20-50-21-19-44)35-11-8-32(35)24-45-26-39(14-5-7-30-22-33(41)10-12-34(30)39)27-51-37-13-9-31(23-36(37)45)38(46)43-52(47,48)29(28)2;1-22-6-4-15-34(20-38,42-3)29-11-8-26(29)18-37-19-33(14-5-7-24-16-27(35)10-12-28(24)33)21-43-31-13-9-25(17-30(31)37)32(39)36-44(40,41)23(22)2;7-1-2-8-3-5-9-6-4-8/h4,9-10,12-13,15,22-23,28-29,32,35,42H,5-8,11,14,16-21,24-27H2,1-3H3,(H,43,46);4,9-10,12-13,15-17,20,22-23,26,29H,5-8,11,14,18-19,21H2,1-3H3,(H,36,39);1-7H2/b2*15-4+;/t28-,29+,32-,35+,39-,40+;22-,23+,26-,29+,33-,34+;/m00./s1. The van der Waals surface area contributed by atoms with Crippen molar-refractivity contribution in [3.05, 3.63) is 141 Å². The molecule has 0 unspecified atom stereocenters. The maximum Gasteiger partial charge on any atom is 0.264 e. The number of benzene rings is 4. The summed E-state index contributed by atoms with van der Waals surface area (Å²) in [6.07, 6.45) is 19.6. The van der Waals surface area contributed by atoms with E-state index in [2.05, 4.69) is 70.8 Å². The van der Waals surface area contributed by atoms with Crippen molar-refractivity contribution < 1.29 is 59.6 Å². The number of rotatable bonds is 10. The van der Waals surface area contributed by atoms with E-state index in [1.165, 1.54) is 22.3 Å². The molecule has 4 fully saturated rings. The second-order valence-corrected chi connectivity index (χ2v) is 36.2. The van der Waals surface area contributed by atoms with Gasteiger partial charge in [-0.3, -0.25) is 24.2 Å². The fraction of sp³-hybridized carbons (Fsp3) is 0.613. The Hall–Kier alpha value is -5.67. The highest BCUT2D eigenvalue weighted by atomic mass is 35.5. The molecule has 2 saturated carbocycles. The van der Waals surface area contributed by atoms with Gasteiger partial charge in [-0.2, -0.15) is 0 Å². The lowest BCUT2D eigenvalue weighted by Gasteiger charge is -2.50. The fourth-order valence-corrected chi connectivity index (χ4v) is 20.8. The maximum atomic E-state index is 13.6. The molecule has 4 aromatic carbocycles. The number of hydrogen-bond donors (Lipinski definition) is 4. The summed E-state index contributed by atoms with van der Waals surface area (Å²) in [6.45, 7) is 22.3. The quantitative estimate of drug-likeness (QED) is 0.0655. The third-order valence-electron chi connectivity index (χ3n) is 25.0. The van der Waals surface area contributed by atoms with Gasteiger partial charge in [0.1, 0.15) is 22.7 Å². The number of anilines is 2. The molecule has 4 aliphatic carbocycles. The van der Waals surface area contributed by atoms with Crippen LogP contribution in [0, 0.1) is 35.5 Å². The Bertz CT molecular complexity index is 4030. The van der Waals surface area contributed by atoms with Crippen LogP contribution in [0.2, 0.25) is 10.0 Å². The average Bonchev–Trinajstić information content (AvgIpc) is 1.70. The number of amides is 2. The molecular weight excluding hydrogens is 1420 g/mol. The van der Waals surface area contributed by atoms with Crippen molar-refractivity contribution in [2.75, 3.05) is 149 Å². The Balaban J connectivity index is 0.000000178. The smallest absolute Gasteiger partial charge is 0.264 e. The van der Waals surface area contributed by atoms with Crippen LogP contribution in [0.5, 0.6) is 11.5 Å². The van der Waals surface area contributed by atoms with Crippen LogP contribution in [0.25, 0.3) is 0 Å². The van der Waals surface area contributed by atoms with Crippen LogP contribution in [0.1, 0.15) is 135 Å². The molecule has 2 spiro atoms. The SMILES string of the molecule is CO[C@@]1(C=O)/C=C/C[C@H](C)[C@@H](C)S(=O)(=O)NC(=O)c2ccc3c(c2)N(C[C@@H]2CC[C@H]21)C[C@@]1(CCCc2cc(Cl)ccc21)CO3.CO[C@@]1(CNCCN2CCOCC2)/C=C/C[C@H](C)[C@@H](C)S(=O)(=O)NC(=O)c2ccc3c(c2)N(C[C@@H]2CC[C@H]21)C[C@@]1(CCCc2cc(Cl)ccc21)CO3.NCCN1CCOCC1. The molecule has 14 rings (SSSR count). The maximum absolute atomic E-state index is 13.6. The minimum Gasteiger partial charge on any atom is -0.490 e. The van der Waals surface area contributed by atoms with Gasteiger partial charge in [-0.05, 0) is 209 Å². The zero-order chi connectivity index (χ0) is 74.3. The zero-order valence-electron chi connectivity index (χ0n) is 62.1. The van der Waals surface area contributed by atoms with Crippen molar-refractivity contribution in [1.82, 2.24) is 24.6 Å². The molecule has 0 aromatic heterocycles. The van der Waals surface area contributed by atoms with Crippen molar-refractivity contribution in [2.45, 2.75) is 137 Å². The minimum atomic E-state index is -3.97. The second-order valence-electron chi connectivity index (χ2n) is 31.3. The topological polar surface area (TPSA) is 250 Å². The number of carbonyl (C=O) groups excluding carboxylic acids is 3. The molecule has 6 heterocycles. The molecule has 21 nitrogen and oxygen atoms in total. The number of fused-ring (bicyclic) bond motifs is 8. The number of nitrogens with two attached hydrogens (primary N) is 1. The van der Waals surface area contributed by atoms with Crippen molar-refractivity contribution in [3.63, 3.8) is 0 Å². The molecule has 4 bridgehead atoms. The Kier molecular flexibility index (Phi) is 25.6. The molecule has 2 saturated heterocycles. The summed E-state index contributed by atoms with van der Waals surface area (Å²) in [5.41, 5.74) is 10.3. The number of sulfonamides is 2. The highest BCUT2D eigenvalue weighted by Gasteiger charge is 2.52.